The van der Waals surface area contributed by atoms with Crippen molar-refractivity contribution in [3.63, 3.8) is 0 Å². The third-order valence-corrected chi connectivity index (χ3v) is 6.42. The Balaban J connectivity index is 1.34. The van der Waals surface area contributed by atoms with Gasteiger partial charge in [0.1, 0.15) is 13.2 Å². The van der Waals surface area contributed by atoms with Crippen molar-refractivity contribution in [2.45, 2.75) is 44.7 Å². The van der Waals surface area contributed by atoms with Crippen molar-refractivity contribution in [3.8, 4) is 11.1 Å². The van der Waals surface area contributed by atoms with Crippen molar-refractivity contribution < 1.29 is 24.2 Å². The Morgan fingerprint density at radius 2 is 1.59 bits per heavy atom. The predicted molar refractivity (Wildman–Crippen MR) is 128 cm³/mol. The van der Waals surface area contributed by atoms with Crippen LogP contribution in [0, 0.1) is 5.92 Å². The lowest BCUT2D eigenvalue weighted by molar-refractivity contribution is -0.149. The van der Waals surface area contributed by atoms with Crippen molar-refractivity contribution in [1.82, 2.24) is 10.2 Å². The second-order valence-corrected chi connectivity index (χ2v) is 9.79. The van der Waals surface area contributed by atoms with E-state index in [0.29, 0.717) is 6.42 Å². The normalized spacial score (nSPS) is 18.8. The van der Waals surface area contributed by atoms with Crippen LogP contribution in [0.15, 0.2) is 60.7 Å². The molecular formula is C27H30N2O5. The van der Waals surface area contributed by atoms with Crippen molar-refractivity contribution in [2.75, 3.05) is 13.2 Å². The van der Waals surface area contributed by atoms with Crippen molar-refractivity contribution in [1.29, 1.82) is 0 Å². The number of amides is 2. The van der Waals surface area contributed by atoms with E-state index in [1.54, 1.807) is 32.9 Å². The van der Waals surface area contributed by atoms with Crippen LogP contribution < -0.4 is 5.32 Å². The predicted octanol–water partition coefficient (Wildman–Crippen LogP) is 4.18. The first kappa shape index (κ1) is 23.5. The average Bonchev–Trinajstić information content (AvgIpc) is 3.37. The number of alkyl carbamates (subject to hydrolysis) is 1. The quantitative estimate of drug-likeness (QED) is 0.628. The van der Waals surface area contributed by atoms with Gasteiger partial charge in [-0.25, -0.2) is 4.79 Å². The molecule has 0 aliphatic heterocycles. The monoisotopic (exact) mass is 462 g/mol. The molecule has 0 saturated heterocycles. The summed E-state index contributed by atoms with van der Waals surface area (Å²) in [5.74, 6) is -1.83. The zero-order chi connectivity index (χ0) is 24.5. The molecule has 2 aliphatic carbocycles. The Kier molecular flexibility index (Phi) is 6.46. The number of fused-ring (bicyclic) bond motifs is 3. The number of aliphatic carboxylic acids is 1. The SMILES string of the molecule is CC(C)(C)N(CC(=O)O)C(=O)C1C=CC(NC(=O)OCC2c3ccccc3-c3ccccc32)C1. The molecule has 0 spiro atoms. The Morgan fingerprint density at radius 1 is 1.00 bits per heavy atom. The summed E-state index contributed by atoms with van der Waals surface area (Å²) in [5, 5.41) is 12.0. The number of rotatable bonds is 6. The highest BCUT2D eigenvalue weighted by Crippen LogP contribution is 2.44. The maximum atomic E-state index is 13.0. The number of carbonyl (C=O) groups excluding carboxylic acids is 2. The zero-order valence-corrected chi connectivity index (χ0v) is 19.7. The number of nitrogens with one attached hydrogen (secondary N) is 1. The van der Waals surface area contributed by atoms with E-state index in [9.17, 15) is 19.5 Å². The van der Waals surface area contributed by atoms with E-state index in [2.05, 4.69) is 29.6 Å². The van der Waals surface area contributed by atoms with E-state index >= 15 is 0 Å². The molecule has 34 heavy (non-hydrogen) atoms. The fourth-order valence-electron chi connectivity index (χ4n) is 4.76. The minimum atomic E-state index is -1.06. The first-order valence-electron chi connectivity index (χ1n) is 11.5. The largest absolute Gasteiger partial charge is 0.480 e. The van der Waals surface area contributed by atoms with Crippen LogP contribution in [0.3, 0.4) is 0 Å². The summed E-state index contributed by atoms with van der Waals surface area (Å²) in [6.07, 6.45) is 3.33. The fraction of sp³-hybridized carbons (Fsp3) is 0.370. The molecule has 0 radical (unpaired) electrons. The average molecular weight is 463 g/mol. The van der Waals surface area contributed by atoms with E-state index < -0.39 is 23.5 Å². The number of carbonyl (C=O) groups is 3. The third-order valence-electron chi connectivity index (χ3n) is 6.42. The molecule has 2 atom stereocenters. The van der Waals surface area contributed by atoms with Gasteiger partial charge in [-0.1, -0.05) is 60.7 Å². The molecule has 178 valence electrons. The Bertz CT molecular complexity index is 1090. The van der Waals surface area contributed by atoms with Gasteiger partial charge in [0.25, 0.3) is 0 Å². The molecule has 7 heteroatoms. The lowest BCUT2D eigenvalue weighted by Gasteiger charge is -2.36. The molecular weight excluding hydrogens is 432 g/mol. The summed E-state index contributed by atoms with van der Waals surface area (Å²) in [6.45, 7) is 5.27. The highest BCUT2D eigenvalue weighted by Gasteiger charge is 2.35. The number of carboxylic acids is 1. The number of carboxylic acid groups (broad SMARTS) is 1. The van der Waals surface area contributed by atoms with E-state index in [0.717, 1.165) is 22.3 Å². The molecule has 0 heterocycles. The van der Waals surface area contributed by atoms with Gasteiger partial charge in [-0.2, -0.15) is 0 Å². The zero-order valence-electron chi connectivity index (χ0n) is 19.7. The molecule has 2 aromatic rings. The fourth-order valence-corrected chi connectivity index (χ4v) is 4.76. The maximum Gasteiger partial charge on any atom is 0.407 e. The summed E-state index contributed by atoms with van der Waals surface area (Å²) >= 11 is 0. The number of hydrogen-bond acceptors (Lipinski definition) is 4. The highest BCUT2D eigenvalue weighted by atomic mass is 16.5. The van der Waals surface area contributed by atoms with Crippen LogP contribution in [-0.4, -0.2) is 52.7 Å². The third kappa shape index (κ3) is 4.83. The van der Waals surface area contributed by atoms with Crippen LogP contribution in [0.25, 0.3) is 11.1 Å². The van der Waals surface area contributed by atoms with Gasteiger partial charge < -0.3 is 20.1 Å². The minimum Gasteiger partial charge on any atom is -0.480 e. The topological polar surface area (TPSA) is 95.9 Å². The van der Waals surface area contributed by atoms with Gasteiger partial charge in [-0.05, 0) is 49.4 Å². The van der Waals surface area contributed by atoms with E-state index in [1.165, 1.54) is 4.90 Å². The Labute approximate surface area is 199 Å². The maximum absolute atomic E-state index is 13.0. The molecule has 4 rings (SSSR count). The van der Waals surface area contributed by atoms with E-state index in [1.807, 2.05) is 24.3 Å². The molecule has 2 aliphatic rings. The Hall–Kier alpha value is -3.61. The first-order valence-corrected chi connectivity index (χ1v) is 11.5. The second kappa shape index (κ2) is 9.33. The lowest BCUT2D eigenvalue weighted by atomic mass is 9.98. The van der Waals surface area contributed by atoms with Crippen LogP contribution in [0.4, 0.5) is 4.79 Å². The molecule has 0 fully saturated rings. The standard InChI is InChI=1S/C27H30N2O5/c1-27(2,3)29(15-24(30)31)25(32)17-12-13-18(14-17)28-26(33)34-16-23-21-10-6-4-8-19(21)20-9-5-7-11-22(20)23/h4-13,17-18,23H,14-16H2,1-3H3,(H,28,33)(H,30,31). The summed E-state index contributed by atoms with van der Waals surface area (Å²) in [6, 6.07) is 15.9. The number of nitrogens with zero attached hydrogens (tertiary/aromatic N) is 1. The van der Waals surface area contributed by atoms with Gasteiger partial charge in [-0.3, -0.25) is 9.59 Å². The second-order valence-electron chi connectivity index (χ2n) is 9.79. The summed E-state index contributed by atoms with van der Waals surface area (Å²) in [7, 11) is 0. The van der Waals surface area contributed by atoms with Gasteiger partial charge in [0.05, 0.1) is 12.0 Å². The van der Waals surface area contributed by atoms with E-state index in [-0.39, 0.29) is 31.0 Å². The van der Waals surface area contributed by atoms with Crippen molar-refractivity contribution >= 4 is 18.0 Å². The van der Waals surface area contributed by atoms with Gasteiger partial charge in [0.15, 0.2) is 0 Å². The van der Waals surface area contributed by atoms with Crippen molar-refractivity contribution in [2.24, 2.45) is 5.92 Å². The van der Waals surface area contributed by atoms with Crippen LogP contribution >= 0.6 is 0 Å². The summed E-state index contributed by atoms with van der Waals surface area (Å²) < 4.78 is 5.59. The molecule has 2 amide bonds. The molecule has 7 nitrogen and oxygen atoms in total. The Morgan fingerprint density at radius 3 is 2.15 bits per heavy atom. The van der Waals surface area contributed by atoms with Crippen LogP contribution in [0.5, 0.6) is 0 Å². The molecule has 0 saturated carbocycles. The first-order chi connectivity index (χ1) is 16.1. The van der Waals surface area contributed by atoms with Gasteiger partial charge in [-0.15, -0.1) is 0 Å². The molecule has 2 N–H and O–H groups in total. The minimum absolute atomic E-state index is 0.0250. The van der Waals surface area contributed by atoms with Crippen LogP contribution in [0.2, 0.25) is 0 Å². The number of hydrogen-bond donors (Lipinski definition) is 2. The van der Waals surface area contributed by atoms with Crippen molar-refractivity contribution in [3.05, 3.63) is 71.8 Å². The molecule has 2 unspecified atom stereocenters. The number of benzene rings is 2. The smallest absolute Gasteiger partial charge is 0.407 e. The summed E-state index contributed by atoms with van der Waals surface area (Å²) in [4.78, 5) is 38.1. The lowest BCUT2D eigenvalue weighted by Crippen LogP contribution is -2.50. The van der Waals surface area contributed by atoms with Gasteiger partial charge in [0.2, 0.25) is 5.91 Å². The molecule has 0 bridgehead atoms. The van der Waals surface area contributed by atoms with Gasteiger partial charge >= 0.3 is 12.1 Å². The molecule has 0 aromatic heterocycles. The molecule has 2 aromatic carbocycles. The van der Waals surface area contributed by atoms with Crippen LogP contribution in [0.1, 0.15) is 44.2 Å². The number of ether oxygens (including phenoxy) is 1. The van der Waals surface area contributed by atoms with Gasteiger partial charge in [0, 0.05) is 11.5 Å². The summed E-state index contributed by atoms with van der Waals surface area (Å²) in [5.41, 5.74) is 3.99. The van der Waals surface area contributed by atoms with E-state index in [4.69, 9.17) is 4.74 Å². The van der Waals surface area contributed by atoms with Crippen LogP contribution in [-0.2, 0) is 14.3 Å². The highest BCUT2D eigenvalue weighted by molar-refractivity contribution is 5.85.